The Hall–Kier alpha value is -16.4. The molecular formula is C114H72F6N6. The van der Waals surface area contributed by atoms with Gasteiger partial charge in [-0.25, -0.2) is 26.3 Å². The number of nitrogens with zero attached hydrogens (tertiary/aromatic N) is 6. The van der Waals surface area contributed by atoms with Crippen molar-refractivity contribution >= 4 is 121 Å². The van der Waals surface area contributed by atoms with E-state index in [2.05, 4.69) is 345 Å². The lowest BCUT2D eigenvalue weighted by molar-refractivity contribution is 0.381. The fourth-order valence-corrected chi connectivity index (χ4v) is 18.4. The molecule has 0 atom stereocenters. The van der Waals surface area contributed by atoms with E-state index in [1.54, 1.807) is 12.1 Å². The number of hydrogen-bond donors (Lipinski definition) is 0. The molecule has 0 saturated heterocycles. The second kappa shape index (κ2) is 31.5. The molecule has 19 aromatic carbocycles. The van der Waals surface area contributed by atoms with Crippen LogP contribution < -0.4 is 9.80 Å². The van der Waals surface area contributed by atoms with Crippen molar-refractivity contribution in [3.63, 3.8) is 0 Å². The van der Waals surface area contributed by atoms with Crippen LogP contribution in [0.2, 0.25) is 0 Å². The number of para-hydroxylation sites is 8. The summed E-state index contributed by atoms with van der Waals surface area (Å²) in [7, 11) is 0. The summed E-state index contributed by atoms with van der Waals surface area (Å²) in [5.74, 6) is -10.2. The van der Waals surface area contributed by atoms with Crippen LogP contribution in [0.25, 0.3) is 166 Å². The molecular weight excluding hydrogens is 1570 g/mol. The first-order valence-electron chi connectivity index (χ1n) is 41.7. The average Bonchev–Trinajstić information content (AvgIpc) is 1.59. The monoisotopic (exact) mass is 1640 g/mol. The lowest BCUT2D eigenvalue weighted by Gasteiger charge is -2.26. The second-order valence-electron chi connectivity index (χ2n) is 31.5. The molecule has 600 valence electrons. The number of rotatable bonds is 15. The van der Waals surface area contributed by atoms with Crippen molar-refractivity contribution in [3.05, 3.63) is 472 Å². The standard InChI is InChI=1S/C60H40FN3.C54H32F5N3/c61-47-29-19-41(20-30-47)42-21-31-50(32-22-42)62(51-33-23-43(24-34-51)45-27-37-59-55(39-45)53-15-7-9-17-57(53)63(59)48-11-3-1-4-12-48)52-35-25-44(26-36-52)46-28-38-60-56(40-46)54-16-8-10-18-58(54)64(60)49-13-5-2-6-14-49;55-50-49(51(56)53(58)54(59)52(50)57)34-21-26-39(27-22-34)60(40-28-30-48-44(32-40)42-16-8-10-18-46(42)62(48)37-13-5-2-6-14-37)38-24-19-33(20-25-38)35-23-29-47-43(31-35)41-15-7-9-17-45(41)61(47)36-11-3-1-4-12-36/h1-40H;1-32H. The molecule has 0 saturated carbocycles. The zero-order valence-electron chi connectivity index (χ0n) is 67.5. The minimum absolute atomic E-state index is 0.151. The maximum Gasteiger partial charge on any atom is 0.200 e. The topological polar surface area (TPSA) is 26.2 Å². The van der Waals surface area contributed by atoms with Gasteiger partial charge in [-0.2, -0.15) is 0 Å². The number of hydrogen-bond acceptors (Lipinski definition) is 2. The quantitative estimate of drug-likeness (QED) is 0.0581. The maximum atomic E-state index is 15.0. The third kappa shape index (κ3) is 13.3. The first-order valence-corrected chi connectivity index (χ1v) is 41.7. The Morgan fingerprint density at radius 1 is 0.151 bits per heavy atom. The number of benzene rings is 19. The summed E-state index contributed by atoms with van der Waals surface area (Å²) in [6.45, 7) is 0. The Morgan fingerprint density at radius 3 is 0.659 bits per heavy atom. The third-order valence-corrected chi connectivity index (χ3v) is 24.3. The summed E-state index contributed by atoms with van der Waals surface area (Å²) in [6.07, 6.45) is 0. The van der Waals surface area contributed by atoms with Crippen LogP contribution in [0, 0.1) is 34.9 Å². The summed E-state index contributed by atoms with van der Waals surface area (Å²) in [5.41, 5.74) is 26.2. The SMILES string of the molecule is Fc1c(F)c(F)c(-c2ccc(N(c3ccc(-c4ccc5c(c4)c4ccccc4n5-c4ccccc4)cc3)c3ccc4c(c3)c3ccccc3n4-c3ccccc3)cc2)c(F)c1F.Fc1ccc(-c2ccc(N(c3ccc(-c4ccc5c(c4)c4ccccc4n5-c4ccccc4)cc3)c3ccc(-c4ccc5c(c4)c4ccccc4n5-c4ccccc4)cc3)cc2)cc1. The lowest BCUT2D eigenvalue weighted by Crippen LogP contribution is -2.10. The number of anilines is 6. The molecule has 0 bridgehead atoms. The molecule has 0 radical (unpaired) electrons. The Morgan fingerprint density at radius 2 is 0.357 bits per heavy atom. The Balaban J connectivity index is 0.000000149. The van der Waals surface area contributed by atoms with Gasteiger partial charge in [-0.15, -0.1) is 0 Å². The van der Waals surface area contributed by atoms with Crippen molar-refractivity contribution in [2.24, 2.45) is 0 Å². The molecule has 0 aliphatic rings. The number of aromatic nitrogens is 4. The Bertz CT molecular complexity index is 7860. The van der Waals surface area contributed by atoms with E-state index in [0.29, 0.717) is 5.69 Å². The highest BCUT2D eigenvalue weighted by atomic mass is 19.2. The lowest BCUT2D eigenvalue weighted by atomic mass is 10.0. The van der Waals surface area contributed by atoms with Crippen molar-refractivity contribution in [2.45, 2.75) is 0 Å². The predicted octanol–water partition coefficient (Wildman–Crippen LogP) is 31.9. The van der Waals surface area contributed by atoms with Gasteiger partial charge < -0.3 is 28.1 Å². The van der Waals surface area contributed by atoms with E-state index < -0.39 is 34.6 Å². The molecule has 23 rings (SSSR count). The molecule has 0 aliphatic heterocycles. The predicted molar refractivity (Wildman–Crippen MR) is 507 cm³/mol. The van der Waals surface area contributed by atoms with E-state index >= 15 is 0 Å². The van der Waals surface area contributed by atoms with Crippen molar-refractivity contribution in [3.8, 4) is 78.4 Å². The van der Waals surface area contributed by atoms with E-state index in [1.807, 2.05) is 83.8 Å². The molecule has 4 heterocycles. The molecule has 4 aromatic heterocycles. The van der Waals surface area contributed by atoms with Gasteiger partial charge >= 0.3 is 0 Å². The fourth-order valence-electron chi connectivity index (χ4n) is 18.4. The molecule has 0 spiro atoms. The van der Waals surface area contributed by atoms with Gasteiger partial charge in [-0.1, -0.05) is 237 Å². The molecule has 6 nitrogen and oxygen atoms in total. The first kappa shape index (κ1) is 75.7. The molecule has 0 unspecified atom stereocenters. The minimum Gasteiger partial charge on any atom is -0.311 e. The van der Waals surface area contributed by atoms with Gasteiger partial charge in [0.2, 0.25) is 5.82 Å². The Kier molecular flexibility index (Phi) is 19.0. The molecule has 0 fully saturated rings. The van der Waals surface area contributed by atoms with Gasteiger partial charge in [0.05, 0.1) is 49.7 Å². The highest BCUT2D eigenvalue weighted by Gasteiger charge is 2.28. The van der Waals surface area contributed by atoms with Gasteiger partial charge in [0.1, 0.15) is 5.82 Å². The Labute approximate surface area is 721 Å². The third-order valence-electron chi connectivity index (χ3n) is 24.3. The highest BCUT2D eigenvalue weighted by molar-refractivity contribution is 6.14. The van der Waals surface area contributed by atoms with E-state index in [0.717, 1.165) is 128 Å². The van der Waals surface area contributed by atoms with Gasteiger partial charge in [0.25, 0.3) is 0 Å². The van der Waals surface area contributed by atoms with E-state index in [9.17, 15) is 26.3 Å². The van der Waals surface area contributed by atoms with Crippen LogP contribution in [0.1, 0.15) is 0 Å². The zero-order chi connectivity index (χ0) is 84.6. The average molecular weight is 1640 g/mol. The molecule has 0 amide bonds. The van der Waals surface area contributed by atoms with Crippen molar-refractivity contribution in [1.82, 2.24) is 18.3 Å². The van der Waals surface area contributed by atoms with Crippen LogP contribution in [0.15, 0.2) is 437 Å². The van der Waals surface area contributed by atoms with Crippen LogP contribution in [-0.4, -0.2) is 18.3 Å². The molecule has 126 heavy (non-hydrogen) atoms. The fraction of sp³-hybridized carbons (Fsp3) is 0. The smallest absolute Gasteiger partial charge is 0.200 e. The molecule has 23 aromatic rings. The van der Waals surface area contributed by atoms with E-state index in [-0.39, 0.29) is 11.4 Å². The zero-order valence-corrected chi connectivity index (χ0v) is 67.5. The van der Waals surface area contributed by atoms with Crippen molar-refractivity contribution < 1.29 is 26.3 Å². The van der Waals surface area contributed by atoms with Gasteiger partial charge in [-0.3, -0.25) is 0 Å². The molecule has 12 heteroatoms. The summed E-state index contributed by atoms with van der Waals surface area (Å²) < 4.78 is 95.5. The highest BCUT2D eigenvalue weighted by Crippen LogP contribution is 2.46. The summed E-state index contributed by atoms with van der Waals surface area (Å²) in [4.78, 5) is 4.31. The van der Waals surface area contributed by atoms with Crippen LogP contribution in [-0.2, 0) is 0 Å². The maximum absolute atomic E-state index is 15.0. The van der Waals surface area contributed by atoms with Gasteiger partial charge in [0, 0.05) is 100.0 Å². The first-order chi connectivity index (χ1) is 62.0. The summed E-state index contributed by atoms with van der Waals surface area (Å²) in [6, 6.07) is 149. The van der Waals surface area contributed by atoms with Crippen LogP contribution in [0.4, 0.5) is 60.5 Å². The van der Waals surface area contributed by atoms with Crippen LogP contribution in [0.3, 0.4) is 0 Å². The number of fused-ring (bicyclic) bond motifs is 12. The van der Waals surface area contributed by atoms with E-state index in [1.165, 1.54) is 79.0 Å². The normalized spacial score (nSPS) is 11.6. The molecule has 0 N–H and O–H groups in total. The largest absolute Gasteiger partial charge is 0.311 e. The van der Waals surface area contributed by atoms with Crippen LogP contribution in [0.5, 0.6) is 0 Å². The van der Waals surface area contributed by atoms with Crippen molar-refractivity contribution in [1.29, 1.82) is 0 Å². The van der Waals surface area contributed by atoms with Gasteiger partial charge in [-0.05, 0) is 250 Å². The van der Waals surface area contributed by atoms with Crippen LogP contribution >= 0.6 is 0 Å². The van der Waals surface area contributed by atoms with Gasteiger partial charge in [0.15, 0.2) is 23.3 Å². The minimum atomic E-state index is -2.20. The summed E-state index contributed by atoms with van der Waals surface area (Å²) >= 11 is 0. The van der Waals surface area contributed by atoms with Crippen molar-refractivity contribution in [2.75, 3.05) is 9.80 Å². The van der Waals surface area contributed by atoms with E-state index in [4.69, 9.17) is 0 Å². The molecule has 0 aliphatic carbocycles. The number of halogens is 6. The second-order valence-corrected chi connectivity index (χ2v) is 31.5. The summed E-state index contributed by atoms with van der Waals surface area (Å²) in [5, 5.41) is 9.25.